The summed E-state index contributed by atoms with van der Waals surface area (Å²) in [4.78, 5) is 4.53. The maximum absolute atomic E-state index is 5.50. The van der Waals surface area contributed by atoms with Gasteiger partial charge in [-0.05, 0) is 47.3 Å². The molecule has 0 bridgehead atoms. The highest BCUT2D eigenvalue weighted by atomic mass is 79.9. The number of nitrogens with one attached hydrogen (secondary N) is 1. The van der Waals surface area contributed by atoms with Crippen LogP contribution in [-0.4, -0.2) is 24.2 Å². The molecule has 1 fully saturated rings. The number of anilines is 1. The van der Waals surface area contributed by atoms with Gasteiger partial charge in [0.15, 0.2) is 0 Å². The van der Waals surface area contributed by atoms with E-state index in [0.29, 0.717) is 6.04 Å². The first-order valence-corrected chi connectivity index (χ1v) is 7.51. The fraction of sp³-hybridized carbons (Fsp3) is 0.400. The third kappa shape index (κ3) is 3.07. The smallest absolute Gasteiger partial charge is 0.0934 e. The van der Waals surface area contributed by atoms with Gasteiger partial charge in [-0.15, -0.1) is 0 Å². The van der Waals surface area contributed by atoms with E-state index in [0.717, 1.165) is 53.5 Å². The van der Waals surface area contributed by atoms with Crippen LogP contribution in [0.3, 0.4) is 0 Å². The van der Waals surface area contributed by atoms with Crippen LogP contribution in [0.2, 0.25) is 0 Å². The molecule has 0 amide bonds. The summed E-state index contributed by atoms with van der Waals surface area (Å²) in [7, 11) is 0. The summed E-state index contributed by atoms with van der Waals surface area (Å²) >= 11 is 3.47. The SMILES string of the molecule is Brc1cnc2c(NC3CCCOCC3)cccc2c1. The zero-order valence-electron chi connectivity index (χ0n) is 10.7. The van der Waals surface area contributed by atoms with Gasteiger partial charge in [0.1, 0.15) is 0 Å². The second-order valence-electron chi connectivity index (χ2n) is 4.92. The zero-order chi connectivity index (χ0) is 13.1. The lowest BCUT2D eigenvalue weighted by Crippen LogP contribution is -2.19. The highest BCUT2D eigenvalue weighted by Crippen LogP contribution is 2.25. The summed E-state index contributed by atoms with van der Waals surface area (Å²) in [6.45, 7) is 1.74. The van der Waals surface area contributed by atoms with Crippen LogP contribution in [0.25, 0.3) is 10.9 Å². The second-order valence-corrected chi connectivity index (χ2v) is 5.83. The molecule has 3 rings (SSSR count). The number of hydrogen-bond donors (Lipinski definition) is 1. The maximum Gasteiger partial charge on any atom is 0.0934 e. The lowest BCUT2D eigenvalue weighted by atomic mass is 10.1. The fourth-order valence-corrected chi connectivity index (χ4v) is 2.87. The molecule has 0 radical (unpaired) electrons. The van der Waals surface area contributed by atoms with Crippen LogP contribution < -0.4 is 5.32 Å². The average Bonchev–Trinajstić information content (AvgIpc) is 2.67. The highest BCUT2D eigenvalue weighted by molar-refractivity contribution is 9.10. The molecule has 100 valence electrons. The monoisotopic (exact) mass is 320 g/mol. The van der Waals surface area contributed by atoms with Crippen molar-refractivity contribution in [3.8, 4) is 0 Å². The molecular formula is C15H17BrN2O. The van der Waals surface area contributed by atoms with E-state index in [1.807, 2.05) is 6.20 Å². The minimum Gasteiger partial charge on any atom is -0.381 e. The van der Waals surface area contributed by atoms with Crippen LogP contribution in [0.4, 0.5) is 5.69 Å². The molecule has 1 N–H and O–H groups in total. The van der Waals surface area contributed by atoms with Gasteiger partial charge in [0.25, 0.3) is 0 Å². The molecule has 1 aromatic heterocycles. The van der Waals surface area contributed by atoms with Crippen LogP contribution >= 0.6 is 15.9 Å². The van der Waals surface area contributed by atoms with Crippen molar-refractivity contribution >= 4 is 32.5 Å². The molecule has 0 aliphatic carbocycles. The Labute approximate surface area is 121 Å². The summed E-state index contributed by atoms with van der Waals surface area (Å²) < 4.78 is 6.52. The predicted molar refractivity (Wildman–Crippen MR) is 81.5 cm³/mol. The number of aromatic nitrogens is 1. The van der Waals surface area contributed by atoms with Crippen molar-refractivity contribution in [3.05, 3.63) is 34.9 Å². The Morgan fingerprint density at radius 1 is 1.26 bits per heavy atom. The van der Waals surface area contributed by atoms with Gasteiger partial charge in [-0.2, -0.15) is 0 Å². The van der Waals surface area contributed by atoms with E-state index in [-0.39, 0.29) is 0 Å². The van der Waals surface area contributed by atoms with Gasteiger partial charge in [0.2, 0.25) is 0 Å². The topological polar surface area (TPSA) is 34.2 Å². The van der Waals surface area contributed by atoms with E-state index in [9.17, 15) is 0 Å². The van der Waals surface area contributed by atoms with Gasteiger partial charge in [-0.25, -0.2) is 0 Å². The standard InChI is InChI=1S/C15H17BrN2O/c16-12-9-11-3-1-5-14(15(11)17-10-12)18-13-4-2-7-19-8-6-13/h1,3,5,9-10,13,18H,2,4,6-8H2. The van der Waals surface area contributed by atoms with Gasteiger partial charge in [-0.3, -0.25) is 4.98 Å². The molecule has 3 nitrogen and oxygen atoms in total. The van der Waals surface area contributed by atoms with Crippen molar-refractivity contribution < 1.29 is 4.74 Å². The highest BCUT2D eigenvalue weighted by Gasteiger charge is 2.13. The minimum atomic E-state index is 0.485. The Morgan fingerprint density at radius 2 is 2.21 bits per heavy atom. The molecule has 1 atom stereocenters. The molecule has 2 aromatic rings. The van der Waals surface area contributed by atoms with Gasteiger partial charge in [-0.1, -0.05) is 12.1 Å². The number of benzene rings is 1. The molecule has 19 heavy (non-hydrogen) atoms. The Morgan fingerprint density at radius 3 is 3.16 bits per heavy atom. The molecular weight excluding hydrogens is 304 g/mol. The van der Waals surface area contributed by atoms with Crippen LogP contribution in [0.5, 0.6) is 0 Å². The number of halogens is 1. The van der Waals surface area contributed by atoms with E-state index in [4.69, 9.17) is 4.74 Å². The summed E-state index contributed by atoms with van der Waals surface area (Å²) in [6, 6.07) is 8.86. The number of pyridine rings is 1. The van der Waals surface area contributed by atoms with Crippen LogP contribution in [0.1, 0.15) is 19.3 Å². The first-order chi connectivity index (χ1) is 9.33. The van der Waals surface area contributed by atoms with E-state index in [1.54, 1.807) is 0 Å². The van der Waals surface area contributed by atoms with Crippen molar-refractivity contribution in [2.24, 2.45) is 0 Å². The summed E-state index contributed by atoms with van der Waals surface area (Å²) in [5, 5.41) is 4.78. The molecule has 0 spiro atoms. The Bertz CT molecular complexity index is 565. The van der Waals surface area contributed by atoms with E-state index in [1.165, 1.54) is 0 Å². The van der Waals surface area contributed by atoms with Crippen LogP contribution in [0, 0.1) is 0 Å². The van der Waals surface area contributed by atoms with Crippen LogP contribution in [-0.2, 0) is 4.74 Å². The predicted octanol–water partition coefficient (Wildman–Crippen LogP) is 3.98. The number of fused-ring (bicyclic) bond motifs is 1. The molecule has 2 heterocycles. The Kier molecular flexibility index (Phi) is 3.99. The number of hydrogen-bond acceptors (Lipinski definition) is 3. The number of nitrogens with zero attached hydrogens (tertiary/aromatic N) is 1. The first-order valence-electron chi connectivity index (χ1n) is 6.71. The molecule has 4 heteroatoms. The Hall–Kier alpha value is -1.13. The van der Waals surface area contributed by atoms with Crippen molar-refractivity contribution in [2.45, 2.75) is 25.3 Å². The quantitative estimate of drug-likeness (QED) is 0.908. The number of rotatable bonds is 2. The lowest BCUT2D eigenvalue weighted by Gasteiger charge is -2.18. The molecule has 1 aromatic carbocycles. The van der Waals surface area contributed by atoms with Crippen molar-refractivity contribution in [1.29, 1.82) is 0 Å². The van der Waals surface area contributed by atoms with E-state index < -0.39 is 0 Å². The number of ether oxygens (including phenoxy) is 1. The van der Waals surface area contributed by atoms with Crippen molar-refractivity contribution in [1.82, 2.24) is 4.98 Å². The van der Waals surface area contributed by atoms with E-state index in [2.05, 4.69) is 50.5 Å². The maximum atomic E-state index is 5.50. The van der Waals surface area contributed by atoms with Gasteiger partial charge >= 0.3 is 0 Å². The zero-order valence-corrected chi connectivity index (χ0v) is 12.3. The third-order valence-corrected chi connectivity index (χ3v) is 3.92. The molecule has 1 aliphatic rings. The molecule has 0 saturated carbocycles. The number of para-hydroxylation sites is 1. The Balaban J connectivity index is 1.87. The van der Waals surface area contributed by atoms with Crippen molar-refractivity contribution in [3.63, 3.8) is 0 Å². The molecule has 1 aliphatic heterocycles. The lowest BCUT2D eigenvalue weighted by molar-refractivity contribution is 0.144. The first kappa shape index (κ1) is 12.9. The van der Waals surface area contributed by atoms with E-state index >= 15 is 0 Å². The largest absolute Gasteiger partial charge is 0.381 e. The van der Waals surface area contributed by atoms with Gasteiger partial charge < -0.3 is 10.1 Å². The average molecular weight is 321 g/mol. The summed E-state index contributed by atoms with van der Waals surface area (Å²) in [5.41, 5.74) is 2.16. The normalized spacial score (nSPS) is 20.2. The minimum absolute atomic E-state index is 0.485. The molecule has 1 unspecified atom stereocenters. The van der Waals surface area contributed by atoms with Gasteiger partial charge in [0.05, 0.1) is 11.2 Å². The van der Waals surface area contributed by atoms with Gasteiger partial charge in [0, 0.05) is 35.3 Å². The second kappa shape index (κ2) is 5.88. The van der Waals surface area contributed by atoms with Crippen molar-refractivity contribution in [2.75, 3.05) is 18.5 Å². The van der Waals surface area contributed by atoms with Crippen LogP contribution in [0.15, 0.2) is 34.9 Å². The fourth-order valence-electron chi connectivity index (χ4n) is 2.52. The molecule has 1 saturated heterocycles. The summed E-state index contributed by atoms with van der Waals surface area (Å²) in [6.07, 6.45) is 5.20. The third-order valence-electron chi connectivity index (χ3n) is 3.49. The summed E-state index contributed by atoms with van der Waals surface area (Å²) in [5.74, 6) is 0.